The summed E-state index contributed by atoms with van der Waals surface area (Å²) in [4.78, 5) is 22.2. The summed E-state index contributed by atoms with van der Waals surface area (Å²) in [6, 6.07) is 5.98. The molecule has 9 heteroatoms. The van der Waals surface area contributed by atoms with Crippen molar-refractivity contribution in [1.29, 1.82) is 0 Å². The Labute approximate surface area is 160 Å². The second-order valence-electron chi connectivity index (χ2n) is 6.59. The molecule has 1 fully saturated rings. The summed E-state index contributed by atoms with van der Waals surface area (Å²) in [5.74, 6) is 0.824. The van der Waals surface area contributed by atoms with Gasteiger partial charge in [0.25, 0.3) is 0 Å². The van der Waals surface area contributed by atoms with Crippen molar-refractivity contribution in [2.75, 3.05) is 25.1 Å². The molecule has 3 heterocycles. The molecule has 28 heavy (non-hydrogen) atoms. The highest BCUT2D eigenvalue weighted by Crippen LogP contribution is 2.30. The number of nitrogens with zero attached hydrogens (tertiary/aromatic N) is 3. The number of carbonyl (C=O) groups is 1. The Hall–Kier alpha value is -2.84. The molecule has 1 aliphatic heterocycles. The van der Waals surface area contributed by atoms with Crippen LogP contribution in [0.4, 0.5) is 19.0 Å². The minimum atomic E-state index is -4.39. The Morgan fingerprint density at radius 3 is 2.61 bits per heavy atom. The fourth-order valence-electron chi connectivity index (χ4n) is 3.12. The third-order valence-corrected chi connectivity index (χ3v) is 4.74. The van der Waals surface area contributed by atoms with Crippen LogP contribution in [0.3, 0.4) is 0 Å². The zero-order chi connectivity index (χ0) is 20.1. The number of methoxy groups -OCH3 is 1. The van der Waals surface area contributed by atoms with Crippen LogP contribution in [0.1, 0.15) is 24.0 Å². The van der Waals surface area contributed by atoms with E-state index in [9.17, 15) is 18.0 Å². The summed E-state index contributed by atoms with van der Waals surface area (Å²) >= 11 is 0. The minimum Gasteiger partial charge on any atom is -0.481 e. The summed E-state index contributed by atoms with van der Waals surface area (Å²) in [6.45, 7) is 1.53. The number of pyridine rings is 2. The van der Waals surface area contributed by atoms with Crippen LogP contribution >= 0.6 is 0 Å². The monoisotopic (exact) mass is 394 g/mol. The number of ether oxygens (including phenoxy) is 1. The van der Waals surface area contributed by atoms with E-state index in [1.54, 1.807) is 12.3 Å². The average Bonchev–Trinajstić information content (AvgIpc) is 2.72. The number of aromatic nitrogens is 2. The Morgan fingerprint density at radius 2 is 2.00 bits per heavy atom. The Morgan fingerprint density at radius 1 is 1.25 bits per heavy atom. The van der Waals surface area contributed by atoms with E-state index in [2.05, 4.69) is 15.3 Å². The van der Waals surface area contributed by atoms with Crippen molar-refractivity contribution in [1.82, 2.24) is 15.3 Å². The van der Waals surface area contributed by atoms with Gasteiger partial charge in [-0.3, -0.25) is 4.79 Å². The van der Waals surface area contributed by atoms with Crippen LogP contribution in [0.15, 0.2) is 36.7 Å². The van der Waals surface area contributed by atoms with Crippen molar-refractivity contribution in [2.45, 2.75) is 25.6 Å². The highest BCUT2D eigenvalue weighted by molar-refractivity contribution is 5.79. The van der Waals surface area contributed by atoms with E-state index in [1.807, 2.05) is 11.0 Å². The largest absolute Gasteiger partial charge is 0.481 e. The molecule has 0 aromatic carbocycles. The van der Waals surface area contributed by atoms with Crippen molar-refractivity contribution in [3.05, 3.63) is 47.8 Å². The molecule has 0 radical (unpaired) electrons. The summed E-state index contributed by atoms with van der Waals surface area (Å²) < 4.78 is 43.0. The van der Waals surface area contributed by atoms with Crippen molar-refractivity contribution < 1.29 is 22.7 Å². The molecule has 1 N–H and O–H groups in total. The van der Waals surface area contributed by atoms with E-state index < -0.39 is 11.7 Å². The van der Waals surface area contributed by atoms with E-state index in [4.69, 9.17) is 4.74 Å². The van der Waals surface area contributed by atoms with Gasteiger partial charge in [0.1, 0.15) is 5.82 Å². The number of piperidine rings is 1. The Balaban J connectivity index is 1.49. The maximum absolute atomic E-state index is 12.6. The number of rotatable bonds is 5. The lowest BCUT2D eigenvalue weighted by atomic mass is 9.96. The minimum absolute atomic E-state index is 0.0317. The first-order valence-electron chi connectivity index (χ1n) is 8.91. The molecular formula is C19H21F3N4O2. The molecule has 1 aliphatic rings. The van der Waals surface area contributed by atoms with Crippen LogP contribution in [-0.4, -0.2) is 36.1 Å². The van der Waals surface area contributed by atoms with Gasteiger partial charge >= 0.3 is 6.18 Å². The summed E-state index contributed by atoms with van der Waals surface area (Å²) in [5.41, 5.74) is 0.129. The summed E-state index contributed by atoms with van der Waals surface area (Å²) in [7, 11) is 1.53. The fraction of sp³-hybridized carbons (Fsp3) is 0.421. The van der Waals surface area contributed by atoms with Crippen molar-refractivity contribution in [2.24, 2.45) is 5.92 Å². The lowest BCUT2D eigenvalue weighted by molar-refractivity contribution is -0.137. The van der Waals surface area contributed by atoms with Crippen molar-refractivity contribution >= 4 is 11.7 Å². The molecule has 0 bridgehead atoms. The molecule has 0 unspecified atom stereocenters. The third-order valence-electron chi connectivity index (χ3n) is 4.74. The first-order valence-corrected chi connectivity index (χ1v) is 8.91. The standard InChI is InChI=1S/C19H21F3N4O2/c1-28-17-10-13(4-7-23-17)11-25-18(27)14-5-8-26(9-6-14)16-3-2-15(12-24-16)19(20,21)22/h2-4,7,10,12,14H,5-6,8-9,11H2,1H3,(H,25,27). The highest BCUT2D eigenvalue weighted by atomic mass is 19.4. The number of carbonyl (C=O) groups excluding carboxylic acids is 1. The van der Waals surface area contributed by atoms with Gasteiger partial charge in [-0.1, -0.05) is 0 Å². The number of halogens is 3. The topological polar surface area (TPSA) is 67.3 Å². The highest BCUT2D eigenvalue weighted by Gasteiger charge is 2.31. The van der Waals surface area contributed by atoms with E-state index in [1.165, 1.54) is 13.2 Å². The predicted molar refractivity (Wildman–Crippen MR) is 96.8 cm³/mol. The van der Waals surface area contributed by atoms with Crippen LogP contribution in [0.5, 0.6) is 5.88 Å². The van der Waals surface area contributed by atoms with Gasteiger partial charge in [-0.2, -0.15) is 13.2 Å². The van der Waals surface area contributed by atoms with Crippen LogP contribution in [0.2, 0.25) is 0 Å². The number of hydrogen-bond acceptors (Lipinski definition) is 5. The molecule has 6 nitrogen and oxygen atoms in total. The average molecular weight is 394 g/mol. The maximum Gasteiger partial charge on any atom is 0.417 e. The zero-order valence-electron chi connectivity index (χ0n) is 15.4. The maximum atomic E-state index is 12.6. The van der Waals surface area contributed by atoms with Gasteiger partial charge in [0, 0.05) is 44.0 Å². The van der Waals surface area contributed by atoms with Gasteiger partial charge < -0.3 is 15.0 Å². The number of nitrogens with one attached hydrogen (secondary N) is 1. The van der Waals surface area contributed by atoms with E-state index in [0.29, 0.717) is 44.2 Å². The Bertz CT molecular complexity index is 804. The number of anilines is 1. The van der Waals surface area contributed by atoms with Gasteiger partial charge in [0.05, 0.1) is 12.7 Å². The second-order valence-corrected chi connectivity index (χ2v) is 6.59. The molecular weight excluding hydrogens is 373 g/mol. The molecule has 2 aromatic rings. The molecule has 1 amide bonds. The number of amides is 1. The lowest BCUT2D eigenvalue weighted by Crippen LogP contribution is -2.40. The van der Waals surface area contributed by atoms with Crippen LogP contribution < -0.4 is 15.0 Å². The summed E-state index contributed by atoms with van der Waals surface area (Å²) in [6.07, 6.45) is -0.690. The molecule has 150 valence electrons. The van der Waals surface area contributed by atoms with Crippen molar-refractivity contribution in [3.8, 4) is 5.88 Å². The van der Waals surface area contributed by atoms with Gasteiger partial charge in [-0.05, 0) is 36.6 Å². The molecule has 3 rings (SSSR count). The van der Waals surface area contributed by atoms with E-state index in [0.717, 1.165) is 17.8 Å². The van der Waals surface area contributed by atoms with Gasteiger partial charge in [-0.25, -0.2) is 9.97 Å². The smallest absolute Gasteiger partial charge is 0.417 e. The van der Waals surface area contributed by atoms with Crippen LogP contribution in [0.25, 0.3) is 0 Å². The summed E-state index contributed by atoms with van der Waals surface area (Å²) in [5, 5.41) is 2.92. The zero-order valence-corrected chi connectivity index (χ0v) is 15.4. The molecule has 1 saturated heterocycles. The van der Waals surface area contributed by atoms with Crippen molar-refractivity contribution in [3.63, 3.8) is 0 Å². The first kappa shape index (κ1) is 19.9. The van der Waals surface area contributed by atoms with Gasteiger partial charge in [0.15, 0.2) is 0 Å². The van der Waals surface area contributed by atoms with Crippen LogP contribution in [0, 0.1) is 5.92 Å². The van der Waals surface area contributed by atoms with E-state index in [-0.39, 0.29) is 11.8 Å². The normalized spacial score (nSPS) is 15.4. The molecule has 0 saturated carbocycles. The third kappa shape index (κ3) is 4.90. The second kappa shape index (κ2) is 8.45. The number of alkyl halides is 3. The van der Waals surface area contributed by atoms with Gasteiger partial charge in [0.2, 0.25) is 11.8 Å². The quantitative estimate of drug-likeness (QED) is 0.844. The predicted octanol–water partition coefficient (Wildman–Crippen LogP) is 3.04. The molecule has 0 aliphatic carbocycles. The molecule has 0 spiro atoms. The molecule has 2 aromatic heterocycles. The van der Waals surface area contributed by atoms with Crippen LogP contribution in [-0.2, 0) is 17.5 Å². The molecule has 0 atom stereocenters. The Kier molecular flexibility index (Phi) is 6.01. The van der Waals surface area contributed by atoms with Gasteiger partial charge in [-0.15, -0.1) is 0 Å². The van der Waals surface area contributed by atoms with E-state index >= 15 is 0 Å². The number of hydrogen-bond donors (Lipinski definition) is 1. The lowest BCUT2D eigenvalue weighted by Gasteiger charge is -2.32. The first-order chi connectivity index (χ1) is 13.4. The fourth-order valence-corrected chi connectivity index (χ4v) is 3.12. The SMILES string of the molecule is COc1cc(CNC(=O)C2CCN(c3ccc(C(F)(F)F)cn3)CC2)ccn1.